The summed E-state index contributed by atoms with van der Waals surface area (Å²) in [5.74, 6) is -0.402. The highest BCUT2D eigenvalue weighted by atomic mass is 16.1. The van der Waals surface area contributed by atoms with Crippen LogP contribution in [-0.4, -0.2) is 5.91 Å². The zero-order valence-corrected chi connectivity index (χ0v) is 8.10. The Morgan fingerprint density at radius 3 is 2.33 bits per heavy atom. The molecule has 1 aromatic heterocycles. The molecule has 3 nitrogen and oxygen atoms in total. The standard InChI is InChI=1S/C12H10N2O/c13-12(15)10-5-3-9(4-6-10)11-2-1-7-14-8-11/h1-8H,(H2,13,15)/p+1. The topological polar surface area (TPSA) is 57.2 Å². The van der Waals surface area contributed by atoms with Crippen molar-refractivity contribution in [3.8, 4) is 11.1 Å². The summed E-state index contributed by atoms with van der Waals surface area (Å²) in [5.41, 5.74) is 7.81. The molecule has 2 rings (SSSR count). The van der Waals surface area contributed by atoms with Crippen molar-refractivity contribution < 1.29 is 9.78 Å². The summed E-state index contributed by atoms with van der Waals surface area (Å²) >= 11 is 0. The van der Waals surface area contributed by atoms with Crippen LogP contribution in [-0.2, 0) is 0 Å². The predicted octanol–water partition coefficient (Wildman–Crippen LogP) is 1.27. The maximum Gasteiger partial charge on any atom is 0.248 e. The minimum absolute atomic E-state index is 0.402. The number of carbonyl (C=O) groups is 1. The van der Waals surface area contributed by atoms with Gasteiger partial charge in [-0.05, 0) is 23.8 Å². The van der Waals surface area contributed by atoms with Gasteiger partial charge in [-0.15, -0.1) is 0 Å². The average Bonchev–Trinajstić information content (AvgIpc) is 2.30. The molecule has 0 bridgehead atoms. The third-order valence-electron chi connectivity index (χ3n) is 2.21. The molecule has 3 N–H and O–H groups in total. The summed E-state index contributed by atoms with van der Waals surface area (Å²) < 4.78 is 0. The number of hydrogen-bond donors (Lipinski definition) is 1. The molecule has 1 amide bonds. The monoisotopic (exact) mass is 199 g/mol. The minimum atomic E-state index is -0.402. The van der Waals surface area contributed by atoms with Crippen LogP contribution in [0.25, 0.3) is 11.1 Å². The molecule has 0 saturated heterocycles. The van der Waals surface area contributed by atoms with Gasteiger partial charge in [-0.2, -0.15) is 0 Å². The van der Waals surface area contributed by atoms with E-state index < -0.39 is 5.91 Å². The van der Waals surface area contributed by atoms with Crippen molar-refractivity contribution in [2.24, 2.45) is 5.73 Å². The van der Waals surface area contributed by atoms with E-state index in [0.29, 0.717) is 5.56 Å². The van der Waals surface area contributed by atoms with E-state index in [1.807, 2.05) is 36.7 Å². The SMILES string of the molecule is NC(=O)c1ccc(-c2ccc[nH+]c2)cc1. The fourth-order valence-corrected chi connectivity index (χ4v) is 1.40. The number of benzene rings is 1. The van der Waals surface area contributed by atoms with Crippen molar-refractivity contribution in [2.45, 2.75) is 0 Å². The van der Waals surface area contributed by atoms with E-state index in [-0.39, 0.29) is 0 Å². The van der Waals surface area contributed by atoms with Crippen molar-refractivity contribution >= 4 is 5.91 Å². The maximum atomic E-state index is 10.9. The summed E-state index contributed by atoms with van der Waals surface area (Å²) in [5, 5.41) is 0. The molecular weight excluding hydrogens is 188 g/mol. The van der Waals surface area contributed by atoms with E-state index in [1.54, 1.807) is 12.1 Å². The minimum Gasteiger partial charge on any atom is -0.366 e. The van der Waals surface area contributed by atoms with Crippen LogP contribution in [0.1, 0.15) is 10.4 Å². The van der Waals surface area contributed by atoms with E-state index in [1.165, 1.54) is 0 Å². The lowest BCUT2D eigenvalue weighted by atomic mass is 10.1. The van der Waals surface area contributed by atoms with Gasteiger partial charge in [0.25, 0.3) is 0 Å². The Hall–Kier alpha value is -2.16. The van der Waals surface area contributed by atoms with Crippen LogP contribution >= 0.6 is 0 Å². The number of nitrogens with one attached hydrogen (secondary N) is 1. The molecule has 3 heteroatoms. The quantitative estimate of drug-likeness (QED) is 0.777. The lowest BCUT2D eigenvalue weighted by Gasteiger charge is -1.99. The zero-order chi connectivity index (χ0) is 10.7. The van der Waals surface area contributed by atoms with Crippen LogP contribution in [0.4, 0.5) is 0 Å². The van der Waals surface area contributed by atoms with Crippen LogP contribution in [0.2, 0.25) is 0 Å². The van der Waals surface area contributed by atoms with Crippen LogP contribution < -0.4 is 10.7 Å². The Balaban J connectivity index is 2.36. The third kappa shape index (κ3) is 2.02. The second-order valence-electron chi connectivity index (χ2n) is 3.23. The first-order valence-corrected chi connectivity index (χ1v) is 4.64. The fraction of sp³-hybridized carbons (Fsp3) is 0. The summed E-state index contributed by atoms with van der Waals surface area (Å²) in [6.45, 7) is 0. The van der Waals surface area contributed by atoms with Gasteiger partial charge in [0, 0.05) is 17.2 Å². The molecular formula is C12H11N2O+. The van der Waals surface area contributed by atoms with Crippen molar-refractivity contribution in [1.29, 1.82) is 0 Å². The van der Waals surface area contributed by atoms with Gasteiger partial charge in [-0.1, -0.05) is 12.1 Å². The molecule has 0 radical (unpaired) electrons. The van der Waals surface area contributed by atoms with E-state index in [0.717, 1.165) is 11.1 Å². The van der Waals surface area contributed by atoms with Gasteiger partial charge in [0.05, 0.1) is 0 Å². The molecule has 0 aliphatic carbocycles. The first-order valence-electron chi connectivity index (χ1n) is 4.64. The van der Waals surface area contributed by atoms with Gasteiger partial charge < -0.3 is 5.73 Å². The highest BCUT2D eigenvalue weighted by molar-refractivity contribution is 5.93. The first kappa shape index (κ1) is 9.40. The van der Waals surface area contributed by atoms with Crippen LogP contribution in [0.5, 0.6) is 0 Å². The van der Waals surface area contributed by atoms with Crippen molar-refractivity contribution in [1.82, 2.24) is 0 Å². The van der Waals surface area contributed by atoms with E-state index in [4.69, 9.17) is 5.73 Å². The van der Waals surface area contributed by atoms with E-state index in [2.05, 4.69) is 4.98 Å². The molecule has 0 fully saturated rings. The number of amides is 1. The number of nitrogens with two attached hydrogens (primary N) is 1. The lowest BCUT2D eigenvalue weighted by Crippen LogP contribution is -2.10. The second-order valence-corrected chi connectivity index (χ2v) is 3.23. The van der Waals surface area contributed by atoms with Gasteiger partial charge >= 0.3 is 0 Å². The average molecular weight is 199 g/mol. The Kier molecular flexibility index (Phi) is 2.46. The maximum absolute atomic E-state index is 10.9. The largest absolute Gasteiger partial charge is 0.366 e. The zero-order valence-electron chi connectivity index (χ0n) is 8.10. The lowest BCUT2D eigenvalue weighted by molar-refractivity contribution is -0.377. The Morgan fingerprint density at radius 2 is 1.80 bits per heavy atom. The molecule has 0 aliphatic heterocycles. The Morgan fingerprint density at radius 1 is 1.07 bits per heavy atom. The fourth-order valence-electron chi connectivity index (χ4n) is 1.40. The van der Waals surface area contributed by atoms with Crippen LogP contribution in [0.3, 0.4) is 0 Å². The third-order valence-corrected chi connectivity index (χ3v) is 2.21. The molecule has 15 heavy (non-hydrogen) atoms. The number of pyridine rings is 1. The van der Waals surface area contributed by atoms with Crippen LogP contribution in [0, 0.1) is 0 Å². The molecule has 0 aliphatic rings. The summed E-state index contributed by atoms with van der Waals surface area (Å²) in [6, 6.07) is 11.1. The number of aromatic amines is 1. The molecule has 1 aromatic carbocycles. The normalized spacial score (nSPS) is 9.87. The van der Waals surface area contributed by atoms with Crippen molar-refractivity contribution in [3.05, 3.63) is 54.4 Å². The van der Waals surface area contributed by atoms with Gasteiger partial charge in [0.1, 0.15) is 0 Å². The van der Waals surface area contributed by atoms with E-state index >= 15 is 0 Å². The van der Waals surface area contributed by atoms with Gasteiger partial charge in [0.15, 0.2) is 12.4 Å². The molecule has 74 valence electrons. The van der Waals surface area contributed by atoms with Gasteiger partial charge in [-0.3, -0.25) is 4.79 Å². The van der Waals surface area contributed by atoms with Gasteiger partial charge in [-0.25, -0.2) is 4.98 Å². The molecule has 0 spiro atoms. The van der Waals surface area contributed by atoms with Crippen LogP contribution in [0.15, 0.2) is 48.8 Å². The summed E-state index contributed by atoms with van der Waals surface area (Å²) in [4.78, 5) is 13.9. The molecule has 0 atom stereocenters. The highest BCUT2D eigenvalue weighted by Crippen LogP contribution is 2.17. The number of hydrogen-bond acceptors (Lipinski definition) is 1. The predicted molar refractivity (Wildman–Crippen MR) is 57.0 cm³/mol. The Labute approximate surface area is 87.6 Å². The number of rotatable bonds is 2. The summed E-state index contributed by atoms with van der Waals surface area (Å²) in [6.07, 6.45) is 3.75. The highest BCUT2D eigenvalue weighted by Gasteiger charge is 2.02. The van der Waals surface area contributed by atoms with Crippen molar-refractivity contribution in [3.63, 3.8) is 0 Å². The molecule has 0 saturated carbocycles. The number of carbonyl (C=O) groups excluding carboxylic acids is 1. The molecule has 0 unspecified atom stereocenters. The smallest absolute Gasteiger partial charge is 0.248 e. The molecule has 2 aromatic rings. The van der Waals surface area contributed by atoms with Crippen molar-refractivity contribution in [2.75, 3.05) is 0 Å². The second kappa shape index (κ2) is 3.92. The van der Waals surface area contributed by atoms with Gasteiger partial charge in [0.2, 0.25) is 5.91 Å². The van der Waals surface area contributed by atoms with E-state index in [9.17, 15) is 4.79 Å². The number of aromatic nitrogens is 1. The number of H-pyrrole nitrogens is 1. The Bertz CT molecular complexity index is 463. The summed E-state index contributed by atoms with van der Waals surface area (Å²) in [7, 11) is 0. The molecule has 1 heterocycles. The first-order chi connectivity index (χ1) is 7.27. The number of primary amides is 1.